The van der Waals surface area contributed by atoms with E-state index in [4.69, 9.17) is 15.6 Å². The number of nitrogens with two attached hydrogens (primary N) is 1. The smallest absolute Gasteiger partial charge is 0.320 e. The fourth-order valence-electron chi connectivity index (χ4n) is 3.81. The normalized spacial score (nSPS) is 17.7. The number of nitrogen functional groups attached to an aromatic ring is 1. The van der Waals surface area contributed by atoms with Crippen molar-refractivity contribution in [2.45, 2.75) is 39.0 Å². The number of β-amino-alcohol motifs (C(OH)–C–C–N with tert-alkyl or cyclic N) is 1. The third-order valence-corrected chi connectivity index (χ3v) is 5.60. The summed E-state index contributed by atoms with van der Waals surface area (Å²) in [7, 11) is 0. The van der Waals surface area contributed by atoms with Gasteiger partial charge in [0.2, 0.25) is 5.91 Å². The highest BCUT2D eigenvalue weighted by molar-refractivity contribution is 6.01. The first-order valence-corrected chi connectivity index (χ1v) is 10.8. The number of ether oxygens (including phenoxy) is 1. The van der Waals surface area contributed by atoms with Crippen molar-refractivity contribution >= 4 is 17.5 Å². The van der Waals surface area contributed by atoms with E-state index >= 15 is 0 Å². The van der Waals surface area contributed by atoms with Crippen LogP contribution in [0.15, 0.2) is 0 Å². The number of anilines is 2. The monoisotopic (exact) mass is 406 g/mol. The Labute approximate surface area is 172 Å². The molecule has 3 N–H and O–H groups in total. The van der Waals surface area contributed by atoms with Gasteiger partial charge in [-0.2, -0.15) is 9.97 Å². The zero-order valence-electron chi connectivity index (χ0n) is 17.5. The van der Waals surface area contributed by atoms with Crippen LogP contribution in [-0.2, 0) is 11.2 Å². The van der Waals surface area contributed by atoms with Gasteiger partial charge in [-0.05, 0) is 25.8 Å². The summed E-state index contributed by atoms with van der Waals surface area (Å²) in [6, 6.07) is 0.259. The van der Waals surface area contributed by atoms with Crippen molar-refractivity contribution in [1.82, 2.24) is 19.8 Å². The Bertz CT molecular complexity index is 678. The van der Waals surface area contributed by atoms with Crippen LogP contribution in [0.2, 0.25) is 0 Å². The van der Waals surface area contributed by atoms with Crippen LogP contribution >= 0.6 is 0 Å². The SMILES string of the molecule is CCCCOc1nc(N)c2c(n1)N(CCCCN1CCN(CCO)CC1)C(=O)C2. The van der Waals surface area contributed by atoms with Crippen LogP contribution in [0.3, 0.4) is 0 Å². The number of fused-ring (bicyclic) bond motifs is 1. The lowest BCUT2D eigenvalue weighted by Gasteiger charge is -2.34. The molecule has 2 aliphatic heterocycles. The number of hydrogen-bond acceptors (Lipinski definition) is 8. The molecule has 9 nitrogen and oxygen atoms in total. The van der Waals surface area contributed by atoms with Crippen molar-refractivity contribution < 1.29 is 14.6 Å². The van der Waals surface area contributed by atoms with E-state index < -0.39 is 0 Å². The average Bonchev–Trinajstić information content (AvgIpc) is 3.03. The number of aliphatic hydroxyl groups excluding tert-OH is 1. The molecule has 162 valence electrons. The molecule has 0 atom stereocenters. The topological polar surface area (TPSA) is 108 Å². The van der Waals surface area contributed by atoms with Crippen LogP contribution in [-0.4, -0.2) is 89.8 Å². The molecule has 0 radical (unpaired) electrons. The number of hydrogen-bond donors (Lipinski definition) is 2. The Morgan fingerprint density at radius 2 is 1.72 bits per heavy atom. The molecule has 0 spiro atoms. The van der Waals surface area contributed by atoms with E-state index in [2.05, 4.69) is 26.7 Å². The molecule has 29 heavy (non-hydrogen) atoms. The quantitative estimate of drug-likeness (QED) is 0.512. The summed E-state index contributed by atoms with van der Waals surface area (Å²) in [6.45, 7) is 9.39. The lowest BCUT2D eigenvalue weighted by molar-refractivity contribution is -0.117. The van der Waals surface area contributed by atoms with Crippen LogP contribution in [0, 0.1) is 0 Å². The number of rotatable bonds is 11. The maximum absolute atomic E-state index is 12.5. The minimum atomic E-state index is 0.0318. The zero-order chi connectivity index (χ0) is 20.6. The number of aliphatic hydroxyl groups is 1. The summed E-state index contributed by atoms with van der Waals surface area (Å²) in [5.41, 5.74) is 6.77. The first-order chi connectivity index (χ1) is 14.1. The van der Waals surface area contributed by atoms with Gasteiger partial charge in [0.05, 0.1) is 19.6 Å². The van der Waals surface area contributed by atoms with Gasteiger partial charge in [-0.1, -0.05) is 13.3 Å². The second kappa shape index (κ2) is 10.7. The number of piperazine rings is 1. The molecule has 2 aliphatic rings. The second-order valence-electron chi connectivity index (χ2n) is 7.73. The number of nitrogens with zero attached hydrogens (tertiary/aromatic N) is 5. The lowest BCUT2D eigenvalue weighted by atomic mass is 10.2. The number of carbonyl (C=O) groups is 1. The van der Waals surface area contributed by atoms with E-state index in [1.807, 2.05) is 0 Å². The Hall–Kier alpha value is -1.97. The fraction of sp³-hybridized carbons (Fsp3) is 0.750. The fourth-order valence-corrected chi connectivity index (χ4v) is 3.81. The van der Waals surface area contributed by atoms with Gasteiger partial charge in [-0.25, -0.2) is 0 Å². The predicted molar refractivity (Wildman–Crippen MR) is 112 cm³/mol. The van der Waals surface area contributed by atoms with Gasteiger partial charge in [0.1, 0.15) is 11.6 Å². The van der Waals surface area contributed by atoms with Gasteiger partial charge in [0.15, 0.2) is 0 Å². The molecule has 0 bridgehead atoms. The summed E-state index contributed by atoms with van der Waals surface area (Å²) in [4.78, 5) is 27.6. The Kier molecular flexibility index (Phi) is 8.02. The lowest BCUT2D eigenvalue weighted by Crippen LogP contribution is -2.47. The van der Waals surface area contributed by atoms with Crippen molar-refractivity contribution in [3.63, 3.8) is 0 Å². The summed E-state index contributed by atoms with van der Waals surface area (Å²) in [5.74, 6) is 0.994. The first-order valence-electron chi connectivity index (χ1n) is 10.8. The molecule has 9 heteroatoms. The minimum Gasteiger partial charge on any atom is -0.463 e. The van der Waals surface area contributed by atoms with E-state index in [1.54, 1.807) is 4.90 Å². The maximum Gasteiger partial charge on any atom is 0.320 e. The van der Waals surface area contributed by atoms with E-state index in [9.17, 15) is 4.79 Å². The molecule has 0 saturated carbocycles. The van der Waals surface area contributed by atoms with Gasteiger partial charge < -0.3 is 20.5 Å². The molecule has 1 saturated heterocycles. The summed E-state index contributed by atoms with van der Waals surface area (Å²) >= 11 is 0. The molecule has 1 fully saturated rings. The Balaban J connectivity index is 1.48. The molecule has 1 amide bonds. The van der Waals surface area contributed by atoms with Gasteiger partial charge in [0, 0.05) is 44.8 Å². The van der Waals surface area contributed by atoms with E-state index in [0.29, 0.717) is 24.8 Å². The van der Waals surface area contributed by atoms with Crippen molar-refractivity contribution in [3.05, 3.63) is 5.56 Å². The highest BCUT2D eigenvalue weighted by Crippen LogP contribution is 2.32. The van der Waals surface area contributed by atoms with E-state index in [0.717, 1.165) is 70.5 Å². The van der Waals surface area contributed by atoms with Crippen molar-refractivity contribution in [2.24, 2.45) is 0 Å². The van der Waals surface area contributed by atoms with Crippen LogP contribution in [0.5, 0.6) is 6.01 Å². The van der Waals surface area contributed by atoms with Crippen molar-refractivity contribution in [3.8, 4) is 6.01 Å². The standard InChI is InChI=1S/C20H34N6O3/c1-2-3-14-29-20-22-18(21)16-15-17(28)26(19(16)23-20)7-5-4-6-24-8-10-25(11-9-24)12-13-27/h27H,2-15H2,1H3,(H2,21,22,23). The molecular weight excluding hydrogens is 372 g/mol. The molecule has 1 aromatic heterocycles. The third kappa shape index (κ3) is 5.77. The van der Waals surface area contributed by atoms with Crippen LogP contribution < -0.4 is 15.4 Å². The van der Waals surface area contributed by atoms with Gasteiger partial charge in [-0.3, -0.25) is 14.6 Å². The van der Waals surface area contributed by atoms with Crippen molar-refractivity contribution in [2.75, 3.05) is 69.7 Å². The van der Waals surface area contributed by atoms with Gasteiger partial charge in [-0.15, -0.1) is 0 Å². The maximum atomic E-state index is 12.5. The van der Waals surface area contributed by atoms with Crippen LogP contribution in [0.25, 0.3) is 0 Å². The number of amides is 1. The molecule has 3 rings (SSSR count). The highest BCUT2D eigenvalue weighted by atomic mass is 16.5. The number of carbonyl (C=O) groups excluding carboxylic acids is 1. The third-order valence-electron chi connectivity index (χ3n) is 5.60. The van der Waals surface area contributed by atoms with Crippen molar-refractivity contribution in [1.29, 1.82) is 0 Å². The van der Waals surface area contributed by atoms with E-state index in [1.165, 1.54) is 0 Å². The molecular formula is C20H34N6O3. The Morgan fingerprint density at radius 1 is 1.03 bits per heavy atom. The van der Waals surface area contributed by atoms with Gasteiger partial charge >= 0.3 is 6.01 Å². The summed E-state index contributed by atoms with van der Waals surface area (Å²) in [5, 5.41) is 9.03. The minimum absolute atomic E-state index is 0.0318. The number of aromatic nitrogens is 2. The number of unbranched alkanes of at least 4 members (excludes halogenated alkanes) is 2. The molecule has 0 aliphatic carbocycles. The second-order valence-corrected chi connectivity index (χ2v) is 7.73. The van der Waals surface area contributed by atoms with E-state index in [-0.39, 0.29) is 24.9 Å². The zero-order valence-corrected chi connectivity index (χ0v) is 17.5. The average molecular weight is 407 g/mol. The van der Waals surface area contributed by atoms with Crippen LogP contribution in [0.1, 0.15) is 38.2 Å². The predicted octanol–water partition coefficient (Wildman–Crippen LogP) is 0.517. The van der Waals surface area contributed by atoms with Gasteiger partial charge in [0.25, 0.3) is 0 Å². The van der Waals surface area contributed by atoms with Crippen LogP contribution in [0.4, 0.5) is 11.6 Å². The highest BCUT2D eigenvalue weighted by Gasteiger charge is 2.31. The first kappa shape index (κ1) is 21.7. The molecule has 3 heterocycles. The summed E-state index contributed by atoms with van der Waals surface area (Å²) in [6.07, 6.45) is 4.17. The Morgan fingerprint density at radius 3 is 2.41 bits per heavy atom. The largest absolute Gasteiger partial charge is 0.463 e. The molecule has 0 aromatic carbocycles. The summed E-state index contributed by atoms with van der Waals surface area (Å²) < 4.78 is 5.60. The molecule has 1 aromatic rings. The molecule has 0 unspecified atom stereocenters.